The first-order valence-corrected chi connectivity index (χ1v) is 15.3. The smallest absolute Gasteiger partial charge is 0.337 e. The highest BCUT2D eigenvalue weighted by molar-refractivity contribution is 5.88. The Morgan fingerprint density at radius 3 is 2.49 bits per heavy atom. The molecule has 230 valence electrons. The molecule has 2 aliphatic rings. The van der Waals surface area contributed by atoms with Gasteiger partial charge in [0.25, 0.3) is 0 Å². The number of aromatic nitrogens is 2. The molecule has 0 aliphatic carbocycles. The Bertz CT molecular complexity index is 1500. The molecule has 2 atom stereocenters. The molecule has 1 saturated heterocycles. The predicted octanol–water partition coefficient (Wildman–Crippen LogP) is 6.89. The van der Waals surface area contributed by atoms with Crippen LogP contribution in [0.3, 0.4) is 0 Å². The van der Waals surface area contributed by atoms with Crippen LogP contribution >= 0.6 is 0 Å². The van der Waals surface area contributed by atoms with Gasteiger partial charge < -0.3 is 24.6 Å². The summed E-state index contributed by atoms with van der Waals surface area (Å²) in [4.78, 5) is 24.5. The van der Waals surface area contributed by atoms with Gasteiger partial charge in [-0.1, -0.05) is 26.0 Å². The number of aliphatic carboxylic acids is 1. The molecule has 2 aliphatic heterocycles. The number of aliphatic hydroxyl groups excluding tert-OH is 1. The van der Waals surface area contributed by atoms with E-state index in [0.717, 1.165) is 78.3 Å². The first kappa shape index (κ1) is 31.0. The summed E-state index contributed by atoms with van der Waals surface area (Å²) in [6.45, 7) is 15.2. The fourth-order valence-electron chi connectivity index (χ4n) is 6.24. The van der Waals surface area contributed by atoms with Crippen LogP contribution in [0, 0.1) is 19.3 Å². The second-order valence-corrected chi connectivity index (χ2v) is 13.7. The van der Waals surface area contributed by atoms with E-state index in [0.29, 0.717) is 17.0 Å². The van der Waals surface area contributed by atoms with Crippen molar-refractivity contribution in [2.75, 3.05) is 18.0 Å². The van der Waals surface area contributed by atoms with Gasteiger partial charge in [0.05, 0.1) is 29.3 Å². The van der Waals surface area contributed by atoms with Gasteiger partial charge in [-0.05, 0) is 101 Å². The Morgan fingerprint density at radius 1 is 1.14 bits per heavy atom. The number of ether oxygens (including phenoxy) is 2. The van der Waals surface area contributed by atoms with E-state index >= 15 is 0 Å². The molecule has 0 saturated carbocycles. The third-order valence-electron chi connectivity index (χ3n) is 8.55. The molecule has 5 rings (SSSR count). The number of carboxylic acids is 1. The van der Waals surface area contributed by atoms with Crippen molar-refractivity contribution in [3.63, 3.8) is 0 Å². The molecule has 2 N–H and O–H groups in total. The third-order valence-corrected chi connectivity index (χ3v) is 8.55. The molecule has 8 nitrogen and oxygen atoms in total. The number of rotatable bonds is 7. The van der Waals surface area contributed by atoms with Gasteiger partial charge in [-0.15, -0.1) is 0 Å². The molecular weight excluding hydrogens is 542 g/mol. The lowest BCUT2D eigenvalue weighted by atomic mass is 9.81. The van der Waals surface area contributed by atoms with Gasteiger partial charge >= 0.3 is 5.97 Å². The third kappa shape index (κ3) is 6.70. The molecule has 1 fully saturated rings. The maximum Gasteiger partial charge on any atom is 0.337 e. The van der Waals surface area contributed by atoms with E-state index in [1.54, 1.807) is 0 Å². The summed E-state index contributed by atoms with van der Waals surface area (Å²) in [6.07, 6.45) is 2.20. The number of pyridine rings is 2. The van der Waals surface area contributed by atoms with Crippen LogP contribution in [-0.2, 0) is 22.6 Å². The minimum Gasteiger partial charge on any atom is -0.484 e. The van der Waals surface area contributed by atoms with Crippen LogP contribution in [0.15, 0.2) is 36.4 Å². The quantitative estimate of drug-likeness (QED) is 0.308. The van der Waals surface area contributed by atoms with E-state index in [-0.39, 0.29) is 18.1 Å². The number of fused-ring (bicyclic) bond motifs is 1. The lowest BCUT2D eigenvalue weighted by Crippen LogP contribution is -2.39. The fourth-order valence-corrected chi connectivity index (χ4v) is 6.24. The fraction of sp³-hybridized carbons (Fsp3) is 0.514. The minimum absolute atomic E-state index is 0.114. The van der Waals surface area contributed by atoms with Gasteiger partial charge in [0.1, 0.15) is 11.9 Å². The SMILES string of the molecule is Cc1cccc(C2CCc3cc(-c4c(CO)nc(C)c([C@H](OC(C)(C)C)C(=O)O)c4N4CCC(C)(C)CC4)ccc3O2)n1. The monoisotopic (exact) mass is 587 g/mol. The zero-order valence-electron chi connectivity index (χ0n) is 26.5. The summed E-state index contributed by atoms with van der Waals surface area (Å²) < 4.78 is 12.6. The second-order valence-electron chi connectivity index (χ2n) is 13.7. The van der Waals surface area contributed by atoms with Crippen LogP contribution in [0.5, 0.6) is 5.75 Å². The lowest BCUT2D eigenvalue weighted by Gasteiger charge is -2.41. The Kier molecular flexibility index (Phi) is 8.56. The van der Waals surface area contributed by atoms with Crippen molar-refractivity contribution in [2.45, 2.75) is 98.6 Å². The summed E-state index contributed by atoms with van der Waals surface area (Å²) in [5.41, 5.74) is 6.53. The predicted molar refractivity (Wildman–Crippen MR) is 167 cm³/mol. The number of carbonyl (C=O) groups is 1. The lowest BCUT2D eigenvalue weighted by molar-refractivity contribution is -0.160. The Labute approximate surface area is 255 Å². The summed E-state index contributed by atoms with van der Waals surface area (Å²) in [6, 6.07) is 12.1. The molecule has 0 spiro atoms. The molecule has 1 aromatic carbocycles. The average molecular weight is 588 g/mol. The average Bonchev–Trinajstić information content (AvgIpc) is 2.94. The van der Waals surface area contributed by atoms with Crippen LogP contribution in [-0.4, -0.2) is 44.8 Å². The highest BCUT2D eigenvalue weighted by Crippen LogP contribution is 2.46. The first-order valence-electron chi connectivity index (χ1n) is 15.3. The van der Waals surface area contributed by atoms with Crippen LogP contribution in [0.1, 0.15) is 100.0 Å². The molecule has 8 heteroatoms. The summed E-state index contributed by atoms with van der Waals surface area (Å²) >= 11 is 0. The van der Waals surface area contributed by atoms with Gasteiger partial charge in [-0.25, -0.2) is 4.79 Å². The van der Waals surface area contributed by atoms with Crippen molar-refractivity contribution in [3.8, 4) is 16.9 Å². The molecule has 0 radical (unpaired) electrons. The van der Waals surface area contributed by atoms with Crippen molar-refractivity contribution >= 4 is 11.7 Å². The van der Waals surface area contributed by atoms with Crippen molar-refractivity contribution in [1.29, 1.82) is 0 Å². The number of hydrogen-bond donors (Lipinski definition) is 2. The highest BCUT2D eigenvalue weighted by Gasteiger charge is 2.37. The normalized spacial score (nSPS) is 19.0. The molecular formula is C35H45N3O5. The maximum atomic E-state index is 12.8. The number of piperidine rings is 1. The number of aliphatic hydroxyl groups is 1. The van der Waals surface area contributed by atoms with E-state index in [2.05, 4.69) is 29.8 Å². The molecule has 43 heavy (non-hydrogen) atoms. The molecule has 3 aromatic rings. The van der Waals surface area contributed by atoms with Crippen molar-refractivity contribution < 1.29 is 24.5 Å². The van der Waals surface area contributed by atoms with E-state index in [1.165, 1.54) is 0 Å². The standard InChI is InChI=1S/C35H45N3O5/c1-21-9-8-10-25(36-21)28-14-11-23-19-24(12-13-27(23)42-28)30-26(20-39)37-22(2)29(32(33(40)41)43-34(3,4)5)31(30)38-17-15-35(6,7)16-18-38/h8-10,12-13,19,28,32,39H,11,14-18,20H2,1-7H3,(H,40,41)/t28?,32-/m0/s1. The van der Waals surface area contributed by atoms with Gasteiger partial charge in [0.2, 0.25) is 0 Å². The molecule has 0 bridgehead atoms. The summed E-state index contributed by atoms with van der Waals surface area (Å²) in [7, 11) is 0. The van der Waals surface area contributed by atoms with Gasteiger partial charge in [0, 0.05) is 35.6 Å². The first-order chi connectivity index (χ1) is 20.3. The second kappa shape index (κ2) is 11.9. The van der Waals surface area contributed by atoms with Crippen LogP contribution in [0.2, 0.25) is 0 Å². The van der Waals surface area contributed by atoms with Gasteiger partial charge in [-0.2, -0.15) is 0 Å². The maximum absolute atomic E-state index is 12.8. The van der Waals surface area contributed by atoms with E-state index < -0.39 is 17.7 Å². The van der Waals surface area contributed by atoms with Gasteiger partial charge in [0.15, 0.2) is 6.10 Å². The van der Waals surface area contributed by atoms with E-state index in [1.807, 2.05) is 65.0 Å². The highest BCUT2D eigenvalue weighted by atomic mass is 16.5. The number of anilines is 1. The number of carboxylic acid groups (broad SMARTS) is 1. The van der Waals surface area contributed by atoms with Gasteiger partial charge in [-0.3, -0.25) is 9.97 Å². The van der Waals surface area contributed by atoms with Crippen LogP contribution in [0.4, 0.5) is 5.69 Å². The Morgan fingerprint density at radius 2 is 1.86 bits per heavy atom. The number of benzene rings is 1. The minimum atomic E-state index is -1.22. The van der Waals surface area contributed by atoms with Crippen molar-refractivity contribution in [3.05, 3.63) is 70.3 Å². The Balaban J connectivity index is 1.65. The number of nitrogens with zero attached hydrogens (tertiary/aromatic N) is 3. The topological polar surface area (TPSA) is 105 Å². The van der Waals surface area contributed by atoms with Crippen LogP contribution in [0.25, 0.3) is 11.1 Å². The summed E-state index contributed by atoms with van der Waals surface area (Å²) in [5, 5.41) is 21.1. The van der Waals surface area contributed by atoms with Crippen LogP contribution < -0.4 is 9.64 Å². The number of aryl methyl sites for hydroxylation is 3. The molecule has 2 aromatic heterocycles. The molecule has 0 amide bonds. The number of hydrogen-bond acceptors (Lipinski definition) is 7. The van der Waals surface area contributed by atoms with Crippen molar-refractivity contribution in [1.82, 2.24) is 9.97 Å². The van der Waals surface area contributed by atoms with Crippen molar-refractivity contribution in [2.24, 2.45) is 5.41 Å². The zero-order valence-corrected chi connectivity index (χ0v) is 26.5. The molecule has 1 unspecified atom stereocenters. The largest absolute Gasteiger partial charge is 0.484 e. The summed E-state index contributed by atoms with van der Waals surface area (Å²) in [5.74, 6) is -0.245. The van der Waals surface area contributed by atoms with E-state index in [4.69, 9.17) is 14.5 Å². The molecule has 4 heterocycles. The Hall–Kier alpha value is -3.49. The zero-order chi connectivity index (χ0) is 31.1. The van der Waals surface area contributed by atoms with E-state index in [9.17, 15) is 15.0 Å².